The number of rotatable bonds is 5. The third kappa shape index (κ3) is 3.74. The van der Waals surface area contributed by atoms with Crippen LogP contribution in [0.5, 0.6) is 5.75 Å². The van der Waals surface area contributed by atoms with Crippen LogP contribution in [0.3, 0.4) is 0 Å². The average Bonchev–Trinajstić information content (AvgIpc) is 3.04. The van der Waals surface area contributed by atoms with Gasteiger partial charge in [-0.05, 0) is 49.2 Å². The molecular weight excluding hydrogens is 272 g/mol. The third-order valence-corrected chi connectivity index (χ3v) is 4.14. The fraction of sp³-hybridized carbons (Fsp3) is 0.316. The third-order valence-electron chi connectivity index (χ3n) is 4.14. The van der Waals surface area contributed by atoms with E-state index < -0.39 is 0 Å². The van der Waals surface area contributed by atoms with Crippen LogP contribution in [0.4, 0.5) is 0 Å². The molecule has 1 saturated heterocycles. The minimum atomic E-state index is 0.275. The standard InChI is InChI=1S/C19H22N2O/c22-19-10-4-3-8-17(19)14-20-13-16-7-1-2-9-18(16)15-21-11-5-6-12-21/h1-4,7-10,14,22H,5-6,11-13,15H2. The van der Waals surface area contributed by atoms with Gasteiger partial charge in [-0.25, -0.2) is 0 Å². The van der Waals surface area contributed by atoms with Gasteiger partial charge < -0.3 is 5.11 Å². The number of hydrogen-bond donors (Lipinski definition) is 1. The molecule has 0 atom stereocenters. The first-order chi connectivity index (χ1) is 10.8. The zero-order chi connectivity index (χ0) is 15.2. The Bertz CT molecular complexity index is 645. The van der Waals surface area contributed by atoms with E-state index in [2.05, 4.69) is 34.2 Å². The molecule has 1 fully saturated rings. The molecule has 3 nitrogen and oxygen atoms in total. The Labute approximate surface area is 131 Å². The maximum Gasteiger partial charge on any atom is 0.124 e. The molecule has 0 saturated carbocycles. The molecule has 0 amide bonds. The summed E-state index contributed by atoms with van der Waals surface area (Å²) in [7, 11) is 0. The predicted octanol–water partition coefficient (Wildman–Crippen LogP) is 3.61. The summed E-state index contributed by atoms with van der Waals surface area (Å²) in [5.74, 6) is 0.275. The first-order valence-corrected chi connectivity index (χ1v) is 7.90. The Morgan fingerprint density at radius 2 is 1.64 bits per heavy atom. The van der Waals surface area contributed by atoms with Crippen molar-refractivity contribution in [1.82, 2.24) is 4.90 Å². The topological polar surface area (TPSA) is 35.8 Å². The summed E-state index contributed by atoms with van der Waals surface area (Å²) in [5.41, 5.74) is 3.39. The lowest BCUT2D eigenvalue weighted by Gasteiger charge is -2.16. The van der Waals surface area contributed by atoms with E-state index in [4.69, 9.17) is 0 Å². The van der Waals surface area contributed by atoms with Gasteiger partial charge in [0, 0.05) is 18.3 Å². The quantitative estimate of drug-likeness (QED) is 0.855. The van der Waals surface area contributed by atoms with Gasteiger partial charge in [0.15, 0.2) is 0 Å². The smallest absolute Gasteiger partial charge is 0.124 e. The second-order valence-electron chi connectivity index (χ2n) is 5.78. The second kappa shape index (κ2) is 7.23. The Morgan fingerprint density at radius 1 is 0.955 bits per heavy atom. The van der Waals surface area contributed by atoms with Crippen molar-refractivity contribution in [2.24, 2.45) is 4.99 Å². The van der Waals surface area contributed by atoms with Crippen LogP contribution in [-0.4, -0.2) is 29.3 Å². The molecule has 0 aromatic heterocycles. The lowest BCUT2D eigenvalue weighted by molar-refractivity contribution is 0.330. The number of aromatic hydroxyl groups is 1. The summed E-state index contributed by atoms with van der Waals surface area (Å²) in [4.78, 5) is 7.01. The summed E-state index contributed by atoms with van der Waals surface area (Å²) in [5, 5.41) is 9.75. The molecule has 1 N–H and O–H groups in total. The van der Waals surface area contributed by atoms with E-state index in [1.807, 2.05) is 18.2 Å². The molecule has 0 radical (unpaired) electrons. The average molecular weight is 294 g/mol. The SMILES string of the molecule is Oc1ccccc1C=NCc1ccccc1CN1CCCC1. The molecule has 0 spiro atoms. The van der Waals surface area contributed by atoms with Gasteiger partial charge in [0.05, 0.1) is 6.54 Å². The number of likely N-dealkylation sites (tertiary alicyclic amines) is 1. The van der Waals surface area contributed by atoms with E-state index in [-0.39, 0.29) is 5.75 Å². The number of phenolic OH excluding ortho intramolecular Hbond substituents is 1. The number of aliphatic imine (C=N–C) groups is 1. The van der Waals surface area contributed by atoms with Gasteiger partial charge in [-0.15, -0.1) is 0 Å². The maximum absolute atomic E-state index is 9.75. The molecule has 114 valence electrons. The largest absolute Gasteiger partial charge is 0.507 e. The summed E-state index contributed by atoms with van der Waals surface area (Å²) in [6, 6.07) is 15.8. The van der Waals surface area contributed by atoms with Crippen molar-refractivity contribution >= 4 is 6.21 Å². The maximum atomic E-state index is 9.75. The first kappa shape index (κ1) is 14.8. The predicted molar refractivity (Wildman–Crippen MR) is 90.4 cm³/mol. The van der Waals surface area contributed by atoms with Crippen molar-refractivity contribution in [3.05, 3.63) is 65.2 Å². The summed E-state index contributed by atoms with van der Waals surface area (Å²) in [6.45, 7) is 4.08. The van der Waals surface area contributed by atoms with E-state index in [1.54, 1.807) is 12.3 Å². The van der Waals surface area contributed by atoms with Gasteiger partial charge in [0.1, 0.15) is 5.75 Å². The Morgan fingerprint density at radius 3 is 2.41 bits per heavy atom. The lowest BCUT2D eigenvalue weighted by atomic mass is 10.1. The second-order valence-corrected chi connectivity index (χ2v) is 5.78. The zero-order valence-corrected chi connectivity index (χ0v) is 12.8. The normalized spacial score (nSPS) is 15.6. The van der Waals surface area contributed by atoms with Crippen LogP contribution in [0.15, 0.2) is 53.5 Å². The molecule has 3 rings (SSSR count). The van der Waals surface area contributed by atoms with Gasteiger partial charge >= 0.3 is 0 Å². The molecule has 1 aliphatic rings. The van der Waals surface area contributed by atoms with E-state index in [1.165, 1.54) is 37.1 Å². The Hall–Kier alpha value is -2.13. The summed E-state index contributed by atoms with van der Waals surface area (Å²) in [6.07, 6.45) is 4.38. The Kier molecular flexibility index (Phi) is 4.86. The molecule has 2 aromatic carbocycles. The monoisotopic (exact) mass is 294 g/mol. The van der Waals surface area contributed by atoms with E-state index in [0.717, 1.165) is 12.1 Å². The highest BCUT2D eigenvalue weighted by atomic mass is 16.3. The van der Waals surface area contributed by atoms with Gasteiger partial charge in [0.2, 0.25) is 0 Å². The van der Waals surface area contributed by atoms with Crippen molar-refractivity contribution in [2.75, 3.05) is 13.1 Å². The molecule has 2 aromatic rings. The number of hydrogen-bond acceptors (Lipinski definition) is 3. The lowest BCUT2D eigenvalue weighted by Crippen LogP contribution is -2.19. The number of nitrogens with zero attached hydrogens (tertiary/aromatic N) is 2. The molecule has 22 heavy (non-hydrogen) atoms. The molecule has 0 bridgehead atoms. The fourth-order valence-electron chi connectivity index (χ4n) is 2.89. The van der Waals surface area contributed by atoms with Gasteiger partial charge in [-0.3, -0.25) is 9.89 Å². The summed E-state index contributed by atoms with van der Waals surface area (Å²) >= 11 is 0. The highest BCUT2D eigenvalue weighted by Gasteiger charge is 2.13. The first-order valence-electron chi connectivity index (χ1n) is 7.90. The van der Waals surface area contributed by atoms with Gasteiger partial charge in [0.25, 0.3) is 0 Å². The van der Waals surface area contributed by atoms with Crippen LogP contribution in [0, 0.1) is 0 Å². The minimum absolute atomic E-state index is 0.275. The van der Waals surface area contributed by atoms with Crippen LogP contribution in [0.1, 0.15) is 29.5 Å². The van der Waals surface area contributed by atoms with Crippen LogP contribution < -0.4 is 0 Å². The molecule has 0 aliphatic carbocycles. The number of para-hydroxylation sites is 1. The van der Waals surface area contributed by atoms with Crippen molar-refractivity contribution < 1.29 is 5.11 Å². The van der Waals surface area contributed by atoms with E-state index in [0.29, 0.717) is 6.54 Å². The van der Waals surface area contributed by atoms with Crippen LogP contribution in [0.25, 0.3) is 0 Å². The number of benzene rings is 2. The molecule has 3 heteroatoms. The van der Waals surface area contributed by atoms with Gasteiger partial charge in [-0.1, -0.05) is 36.4 Å². The molecular formula is C19H22N2O. The van der Waals surface area contributed by atoms with Crippen molar-refractivity contribution in [3.8, 4) is 5.75 Å². The van der Waals surface area contributed by atoms with Crippen LogP contribution in [0.2, 0.25) is 0 Å². The number of phenols is 1. The molecule has 1 heterocycles. The van der Waals surface area contributed by atoms with Crippen LogP contribution >= 0.6 is 0 Å². The van der Waals surface area contributed by atoms with E-state index >= 15 is 0 Å². The minimum Gasteiger partial charge on any atom is -0.507 e. The zero-order valence-electron chi connectivity index (χ0n) is 12.8. The fourth-order valence-corrected chi connectivity index (χ4v) is 2.89. The molecule has 0 unspecified atom stereocenters. The van der Waals surface area contributed by atoms with E-state index in [9.17, 15) is 5.11 Å². The van der Waals surface area contributed by atoms with Crippen LogP contribution in [-0.2, 0) is 13.1 Å². The van der Waals surface area contributed by atoms with Crippen molar-refractivity contribution in [2.45, 2.75) is 25.9 Å². The highest BCUT2D eigenvalue weighted by molar-refractivity contribution is 5.83. The molecule has 1 aliphatic heterocycles. The van der Waals surface area contributed by atoms with Gasteiger partial charge in [-0.2, -0.15) is 0 Å². The summed E-state index contributed by atoms with van der Waals surface area (Å²) < 4.78 is 0. The Balaban J connectivity index is 1.68. The van der Waals surface area contributed by atoms with Crippen molar-refractivity contribution in [1.29, 1.82) is 0 Å². The van der Waals surface area contributed by atoms with Crippen molar-refractivity contribution in [3.63, 3.8) is 0 Å². The highest BCUT2D eigenvalue weighted by Crippen LogP contribution is 2.17.